The van der Waals surface area contributed by atoms with Crippen molar-refractivity contribution in [3.05, 3.63) is 22.4 Å². The zero-order valence-electron chi connectivity index (χ0n) is 7.75. The summed E-state index contributed by atoms with van der Waals surface area (Å²) in [6, 6.07) is 1.43. The summed E-state index contributed by atoms with van der Waals surface area (Å²) in [5, 5.41) is 0. The molecule has 78 valence electrons. The van der Waals surface area contributed by atoms with Gasteiger partial charge < -0.3 is 5.73 Å². The minimum Gasteiger partial charge on any atom is -0.397 e. The fraction of sp³-hybridized carbons (Fsp3) is 0.250. The lowest BCUT2D eigenvalue weighted by Crippen LogP contribution is -2.06. The number of carbonyl (C=O) groups is 1. The van der Waals surface area contributed by atoms with Gasteiger partial charge in [-0.15, -0.1) is 0 Å². The van der Waals surface area contributed by atoms with Crippen LogP contribution in [0.5, 0.6) is 0 Å². The number of carbonyl (C=O) groups excluding carboxylic acids is 1. The highest BCUT2D eigenvalue weighted by Crippen LogP contribution is 2.16. The normalized spacial score (nSPS) is 8.57. The molecule has 0 atom stereocenters. The molecule has 1 aromatic heterocycles. The van der Waals surface area contributed by atoms with Gasteiger partial charge in [0.15, 0.2) is 5.69 Å². The van der Waals surface area contributed by atoms with Crippen molar-refractivity contribution in [3.8, 4) is 0 Å². The Hall–Kier alpha value is -1.17. The zero-order valence-corrected chi connectivity index (χ0v) is 9.34. The number of hydrogen-bond donors (Lipinski definition) is 1. The second-order valence-electron chi connectivity index (χ2n) is 1.96. The number of aromatic nitrogens is 1. The van der Waals surface area contributed by atoms with Gasteiger partial charge in [0.2, 0.25) is 0 Å². The van der Waals surface area contributed by atoms with Crippen LogP contribution >= 0.6 is 15.9 Å². The van der Waals surface area contributed by atoms with E-state index >= 15 is 0 Å². The van der Waals surface area contributed by atoms with Gasteiger partial charge in [-0.05, 0) is 22.0 Å². The summed E-state index contributed by atoms with van der Waals surface area (Å²) in [5.74, 6) is -1.19. The molecule has 0 saturated carbocycles. The summed E-state index contributed by atoms with van der Waals surface area (Å²) < 4.78 is 12.0. The summed E-state index contributed by atoms with van der Waals surface area (Å²) in [6.45, 7) is 4.00. The molecule has 14 heavy (non-hydrogen) atoms. The van der Waals surface area contributed by atoms with Crippen molar-refractivity contribution < 1.29 is 14.3 Å². The highest BCUT2D eigenvalue weighted by atomic mass is 79.9. The van der Waals surface area contributed by atoms with Gasteiger partial charge in [0.25, 0.3) is 0 Å². The summed E-state index contributed by atoms with van der Waals surface area (Å²) in [7, 11) is 0. The Morgan fingerprint density at radius 2 is 2.21 bits per heavy atom. The van der Waals surface area contributed by atoms with E-state index in [0.717, 1.165) is 0 Å². The van der Waals surface area contributed by atoms with Gasteiger partial charge in [-0.2, -0.15) is 0 Å². The number of pyridine rings is 1. The van der Waals surface area contributed by atoms with E-state index in [2.05, 4.69) is 25.9 Å². The van der Waals surface area contributed by atoms with E-state index in [1.54, 1.807) is 0 Å². The van der Waals surface area contributed by atoms with Crippen molar-refractivity contribution >= 4 is 27.6 Å². The van der Waals surface area contributed by atoms with Gasteiger partial charge in [0, 0.05) is 15.2 Å². The first-order valence-corrected chi connectivity index (χ1v) is 4.68. The zero-order chi connectivity index (χ0) is 11.1. The second kappa shape index (κ2) is 6.31. The van der Waals surface area contributed by atoms with Crippen molar-refractivity contribution in [1.29, 1.82) is 0 Å². The number of nitrogens with two attached hydrogens (primary N) is 1. The molecule has 0 amide bonds. The van der Waals surface area contributed by atoms with Crippen LogP contribution in [0.25, 0.3) is 0 Å². The molecule has 0 spiro atoms. The maximum Gasteiger partial charge on any atom is 0.399 e. The Balaban J connectivity index is 0.000000791. The topological polar surface area (TPSA) is 65.2 Å². The molecule has 2 N–H and O–H groups in total. The minimum atomic E-state index is -1.19. The second-order valence-corrected chi connectivity index (χ2v) is 2.87. The van der Waals surface area contributed by atoms with Crippen LogP contribution in [0.3, 0.4) is 0 Å². The van der Waals surface area contributed by atoms with Gasteiger partial charge in [-0.3, -0.25) is 0 Å². The summed E-state index contributed by atoms with van der Waals surface area (Å²) >= 11 is 3.08. The smallest absolute Gasteiger partial charge is 0.397 e. The molecule has 0 aliphatic rings. The van der Waals surface area contributed by atoms with Crippen LogP contribution in [0.15, 0.2) is 16.7 Å². The third-order valence-electron chi connectivity index (χ3n) is 1.15. The molecule has 6 heteroatoms. The molecule has 1 heterocycles. The maximum atomic E-state index is 11.4. The summed E-state index contributed by atoms with van der Waals surface area (Å²) in [5.41, 5.74) is 5.16. The van der Waals surface area contributed by atoms with E-state index in [1.807, 2.05) is 13.8 Å². The molecular formula is C8H10BrFN2O2. The molecule has 1 aromatic rings. The molecule has 4 nitrogen and oxygen atoms in total. The molecular weight excluding hydrogens is 255 g/mol. The lowest BCUT2D eigenvalue weighted by molar-refractivity contribution is -0.0792. The number of anilines is 1. The van der Waals surface area contributed by atoms with Gasteiger partial charge in [-0.25, -0.2) is 14.7 Å². The Bertz CT molecular complexity index is 320. The van der Waals surface area contributed by atoms with E-state index in [1.165, 1.54) is 12.3 Å². The third-order valence-corrected chi connectivity index (χ3v) is 1.58. The first-order chi connectivity index (χ1) is 6.65. The summed E-state index contributed by atoms with van der Waals surface area (Å²) in [6.07, 6.45) is 1.32. The van der Waals surface area contributed by atoms with Crippen LogP contribution in [-0.2, 0) is 4.94 Å². The standard InChI is InChI=1S/C6H4BrFN2O2.C2H6/c7-3-1-4(9)5(10-2-3)6(11)12-8;1-2/h1-2H,9H2;1-2H3. The Kier molecular flexibility index (Phi) is 5.78. The van der Waals surface area contributed by atoms with Gasteiger partial charge in [-0.1, -0.05) is 13.8 Å². The average molecular weight is 265 g/mol. The highest BCUT2D eigenvalue weighted by molar-refractivity contribution is 9.10. The largest absolute Gasteiger partial charge is 0.399 e. The fourth-order valence-corrected chi connectivity index (χ4v) is 1.01. The number of halogens is 2. The minimum absolute atomic E-state index is 0.0621. The van der Waals surface area contributed by atoms with Crippen LogP contribution in [0.4, 0.5) is 10.2 Å². The molecule has 0 fully saturated rings. The van der Waals surface area contributed by atoms with Crippen molar-refractivity contribution in [2.45, 2.75) is 13.8 Å². The van der Waals surface area contributed by atoms with E-state index < -0.39 is 5.97 Å². The summed E-state index contributed by atoms with van der Waals surface area (Å²) in [4.78, 5) is 17.1. The Labute approximate surface area is 89.3 Å². The molecule has 1 rings (SSSR count). The van der Waals surface area contributed by atoms with E-state index in [-0.39, 0.29) is 11.4 Å². The Morgan fingerprint density at radius 3 is 2.64 bits per heavy atom. The maximum absolute atomic E-state index is 11.4. The van der Waals surface area contributed by atoms with Gasteiger partial charge in [0.05, 0.1) is 5.69 Å². The molecule has 0 aliphatic heterocycles. The molecule has 0 saturated heterocycles. The first kappa shape index (κ1) is 12.8. The SMILES string of the molecule is CC.Nc1cc(Br)cnc1C(=O)OF. The third kappa shape index (κ3) is 3.29. The molecule has 0 aromatic carbocycles. The number of hydrogen-bond acceptors (Lipinski definition) is 4. The van der Waals surface area contributed by atoms with Crippen LogP contribution in [0.2, 0.25) is 0 Å². The van der Waals surface area contributed by atoms with E-state index in [0.29, 0.717) is 4.47 Å². The van der Waals surface area contributed by atoms with E-state index in [4.69, 9.17) is 5.73 Å². The van der Waals surface area contributed by atoms with Crippen LogP contribution in [0, 0.1) is 0 Å². The molecule has 0 aliphatic carbocycles. The van der Waals surface area contributed by atoms with Crippen molar-refractivity contribution in [2.75, 3.05) is 5.73 Å². The lowest BCUT2D eigenvalue weighted by atomic mass is 10.3. The van der Waals surface area contributed by atoms with Crippen molar-refractivity contribution in [2.24, 2.45) is 0 Å². The van der Waals surface area contributed by atoms with Crippen LogP contribution < -0.4 is 5.73 Å². The highest BCUT2D eigenvalue weighted by Gasteiger charge is 2.13. The van der Waals surface area contributed by atoms with Crippen molar-refractivity contribution in [3.63, 3.8) is 0 Å². The van der Waals surface area contributed by atoms with E-state index in [9.17, 15) is 9.32 Å². The van der Waals surface area contributed by atoms with Crippen LogP contribution in [0.1, 0.15) is 24.3 Å². The van der Waals surface area contributed by atoms with Gasteiger partial charge in [0.1, 0.15) is 0 Å². The molecule has 0 unspecified atom stereocenters. The van der Waals surface area contributed by atoms with Crippen LogP contribution in [-0.4, -0.2) is 11.0 Å². The average Bonchev–Trinajstić information content (AvgIpc) is 2.20. The number of nitrogens with zero attached hydrogens (tertiary/aromatic N) is 1. The predicted octanol–water partition coefficient (Wildman–Crippen LogP) is 2.49. The fourth-order valence-electron chi connectivity index (χ4n) is 0.662. The first-order valence-electron chi connectivity index (χ1n) is 3.89. The van der Waals surface area contributed by atoms with Crippen molar-refractivity contribution in [1.82, 2.24) is 4.98 Å². The van der Waals surface area contributed by atoms with Gasteiger partial charge >= 0.3 is 5.97 Å². The quantitative estimate of drug-likeness (QED) is 0.847. The number of rotatable bonds is 1. The monoisotopic (exact) mass is 264 g/mol. The number of nitrogen functional groups attached to an aromatic ring is 1. The Morgan fingerprint density at radius 1 is 1.64 bits per heavy atom. The predicted molar refractivity (Wildman–Crippen MR) is 54.2 cm³/mol. The molecule has 0 bridgehead atoms. The lowest BCUT2D eigenvalue weighted by Gasteiger charge is -1.99. The molecule has 0 radical (unpaired) electrons.